The lowest BCUT2D eigenvalue weighted by atomic mass is 10.1. The Bertz CT molecular complexity index is 631. The van der Waals surface area contributed by atoms with Crippen molar-refractivity contribution in [3.63, 3.8) is 0 Å². The van der Waals surface area contributed by atoms with Gasteiger partial charge in [0.1, 0.15) is 24.5 Å². The Labute approximate surface area is 140 Å². The van der Waals surface area contributed by atoms with Gasteiger partial charge in [-0.05, 0) is 47.8 Å². The normalized spacial score (nSPS) is 10.5. The van der Waals surface area contributed by atoms with Gasteiger partial charge < -0.3 is 10.1 Å². The summed E-state index contributed by atoms with van der Waals surface area (Å²) in [6.45, 7) is 7.56. The van der Waals surface area contributed by atoms with Gasteiger partial charge in [-0.3, -0.25) is 0 Å². The molecule has 0 aliphatic carbocycles. The molecule has 2 aromatic rings. The summed E-state index contributed by atoms with van der Waals surface area (Å²) in [6, 6.07) is 6.21. The van der Waals surface area contributed by atoms with E-state index in [0.717, 1.165) is 40.1 Å². The second kappa shape index (κ2) is 8.13. The van der Waals surface area contributed by atoms with E-state index in [0.29, 0.717) is 13.2 Å². The van der Waals surface area contributed by atoms with Gasteiger partial charge in [0.15, 0.2) is 0 Å². The lowest BCUT2D eigenvalue weighted by molar-refractivity contribution is 0.330. The second-order valence-electron chi connectivity index (χ2n) is 5.28. The summed E-state index contributed by atoms with van der Waals surface area (Å²) < 4.78 is 6.76. The van der Waals surface area contributed by atoms with Crippen LogP contribution >= 0.6 is 15.9 Å². The van der Waals surface area contributed by atoms with Crippen molar-refractivity contribution in [3.8, 4) is 5.75 Å². The molecule has 0 spiro atoms. The number of halogens is 1. The van der Waals surface area contributed by atoms with Crippen molar-refractivity contribution in [2.75, 3.05) is 18.5 Å². The molecule has 118 valence electrons. The molecule has 0 unspecified atom stereocenters. The molecule has 1 N–H and O–H groups in total. The zero-order chi connectivity index (χ0) is 15.9. The van der Waals surface area contributed by atoms with E-state index in [9.17, 15) is 0 Å². The maximum absolute atomic E-state index is 5.81. The van der Waals surface area contributed by atoms with Crippen molar-refractivity contribution in [3.05, 3.63) is 45.8 Å². The van der Waals surface area contributed by atoms with E-state index in [1.807, 2.05) is 6.07 Å². The van der Waals surface area contributed by atoms with Gasteiger partial charge >= 0.3 is 0 Å². The zero-order valence-corrected chi connectivity index (χ0v) is 14.9. The highest BCUT2D eigenvalue weighted by molar-refractivity contribution is 9.10. The van der Waals surface area contributed by atoms with Crippen LogP contribution in [0, 0.1) is 13.8 Å². The maximum Gasteiger partial charge on any atom is 0.144 e. The molecular formula is C17H22BrN3O. The monoisotopic (exact) mass is 363 g/mol. The van der Waals surface area contributed by atoms with E-state index in [1.54, 1.807) is 6.33 Å². The number of nitrogens with one attached hydrogen (secondary N) is 1. The first-order valence-electron chi connectivity index (χ1n) is 7.55. The van der Waals surface area contributed by atoms with Crippen molar-refractivity contribution in [2.45, 2.75) is 33.6 Å². The maximum atomic E-state index is 5.81. The van der Waals surface area contributed by atoms with Gasteiger partial charge in [0, 0.05) is 0 Å². The summed E-state index contributed by atoms with van der Waals surface area (Å²) in [7, 11) is 0. The fourth-order valence-electron chi connectivity index (χ4n) is 2.23. The number of nitrogens with zero attached hydrogens (tertiary/aromatic N) is 2. The Balaban J connectivity index is 1.87. The predicted octanol–water partition coefficient (Wildman–Crippen LogP) is 4.30. The molecular weight excluding hydrogens is 342 g/mol. The largest absolute Gasteiger partial charge is 0.491 e. The fraction of sp³-hybridized carbons (Fsp3) is 0.412. The van der Waals surface area contributed by atoms with Crippen molar-refractivity contribution in [2.24, 2.45) is 0 Å². The molecule has 0 saturated heterocycles. The van der Waals surface area contributed by atoms with Gasteiger partial charge in [-0.15, -0.1) is 0 Å². The van der Waals surface area contributed by atoms with E-state index in [1.165, 1.54) is 5.56 Å². The first-order chi connectivity index (χ1) is 10.6. The molecule has 0 bridgehead atoms. The van der Waals surface area contributed by atoms with Crippen LogP contribution in [0.1, 0.15) is 30.2 Å². The van der Waals surface area contributed by atoms with E-state index in [-0.39, 0.29) is 0 Å². The highest BCUT2D eigenvalue weighted by Gasteiger charge is 2.07. The molecule has 0 fully saturated rings. The van der Waals surface area contributed by atoms with E-state index < -0.39 is 0 Å². The van der Waals surface area contributed by atoms with Gasteiger partial charge in [0.2, 0.25) is 0 Å². The predicted molar refractivity (Wildman–Crippen MR) is 93.6 cm³/mol. The fourth-order valence-corrected chi connectivity index (χ4v) is 2.78. The molecule has 0 atom stereocenters. The lowest BCUT2D eigenvalue weighted by Gasteiger charge is -2.12. The number of aryl methyl sites for hydroxylation is 3. The summed E-state index contributed by atoms with van der Waals surface area (Å²) in [5.41, 5.74) is 3.44. The summed E-state index contributed by atoms with van der Waals surface area (Å²) in [5, 5.41) is 3.29. The molecule has 0 aliphatic heterocycles. The SMILES string of the molecule is CCCc1ncnc(NCCOc2ccc(C)cc2C)c1Br. The summed E-state index contributed by atoms with van der Waals surface area (Å²) in [4.78, 5) is 8.57. The first kappa shape index (κ1) is 16.7. The van der Waals surface area contributed by atoms with E-state index >= 15 is 0 Å². The molecule has 0 aliphatic rings. The number of aromatic nitrogens is 2. The molecule has 0 radical (unpaired) electrons. The molecule has 1 aromatic carbocycles. The number of benzene rings is 1. The van der Waals surface area contributed by atoms with Crippen molar-refractivity contribution in [1.82, 2.24) is 9.97 Å². The average molecular weight is 364 g/mol. The van der Waals surface area contributed by atoms with Gasteiger partial charge in [-0.2, -0.15) is 0 Å². The molecule has 22 heavy (non-hydrogen) atoms. The van der Waals surface area contributed by atoms with Crippen LogP contribution in [-0.2, 0) is 6.42 Å². The molecule has 2 rings (SSSR count). The first-order valence-corrected chi connectivity index (χ1v) is 8.34. The van der Waals surface area contributed by atoms with Crippen molar-refractivity contribution < 1.29 is 4.74 Å². The van der Waals surface area contributed by atoms with Crippen LogP contribution in [0.25, 0.3) is 0 Å². The Kier molecular flexibility index (Phi) is 6.19. The highest BCUT2D eigenvalue weighted by Crippen LogP contribution is 2.23. The van der Waals surface area contributed by atoms with Crippen LogP contribution in [-0.4, -0.2) is 23.1 Å². The number of hydrogen-bond acceptors (Lipinski definition) is 4. The van der Waals surface area contributed by atoms with Crippen molar-refractivity contribution >= 4 is 21.7 Å². The Morgan fingerprint density at radius 1 is 1.23 bits per heavy atom. The minimum absolute atomic E-state index is 0.587. The zero-order valence-electron chi connectivity index (χ0n) is 13.3. The van der Waals surface area contributed by atoms with E-state index in [2.05, 4.69) is 64.1 Å². The third-order valence-electron chi connectivity index (χ3n) is 3.33. The lowest BCUT2D eigenvalue weighted by Crippen LogP contribution is -2.14. The minimum Gasteiger partial charge on any atom is -0.491 e. The highest BCUT2D eigenvalue weighted by atomic mass is 79.9. The number of ether oxygens (including phenoxy) is 1. The topological polar surface area (TPSA) is 47.0 Å². The number of hydrogen-bond donors (Lipinski definition) is 1. The molecule has 5 heteroatoms. The van der Waals surface area contributed by atoms with Crippen LogP contribution in [0.15, 0.2) is 29.0 Å². The Morgan fingerprint density at radius 2 is 2.05 bits per heavy atom. The van der Waals surface area contributed by atoms with Crippen LogP contribution in [0.4, 0.5) is 5.82 Å². The summed E-state index contributed by atoms with van der Waals surface area (Å²) in [6.07, 6.45) is 3.60. The quantitative estimate of drug-likeness (QED) is 0.745. The minimum atomic E-state index is 0.587. The molecule has 0 saturated carbocycles. The van der Waals surface area contributed by atoms with Crippen LogP contribution in [0.2, 0.25) is 0 Å². The number of anilines is 1. The Morgan fingerprint density at radius 3 is 2.77 bits per heavy atom. The van der Waals surface area contributed by atoms with Crippen LogP contribution in [0.3, 0.4) is 0 Å². The summed E-state index contributed by atoms with van der Waals surface area (Å²) >= 11 is 3.57. The number of rotatable bonds is 7. The van der Waals surface area contributed by atoms with Crippen LogP contribution < -0.4 is 10.1 Å². The van der Waals surface area contributed by atoms with Gasteiger partial charge in [0.25, 0.3) is 0 Å². The van der Waals surface area contributed by atoms with Crippen LogP contribution in [0.5, 0.6) is 5.75 Å². The molecule has 1 heterocycles. The molecule has 4 nitrogen and oxygen atoms in total. The van der Waals surface area contributed by atoms with Gasteiger partial charge in [0.05, 0.1) is 16.7 Å². The smallest absolute Gasteiger partial charge is 0.144 e. The Hall–Kier alpha value is -1.62. The third-order valence-corrected chi connectivity index (χ3v) is 4.16. The summed E-state index contributed by atoms with van der Waals surface area (Å²) in [5.74, 6) is 1.75. The second-order valence-corrected chi connectivity index (χ2v) is 6.07. The van der Waals surface area contributed by atoms with Crippen molar-refractivity contribution in [1.29, 1.82) is 0 Å². The van der Waals surface area contributed by atoms with Gasteiger partial charge in [-0.25, -0.2) is 9.97 Å². The molecule has 0 amide bonds. The van der Waals surface area contributed by atoms with E-state index in [4.69, 9.17) is 4.74 Å². The average Bonchev–Trinajstić information content (AvgIpc) is 2.49. The molecule has 1 aromatic heterocycles. The standard InChI is InChI=1S/C17H22BrN3O/c1-4-5-14-16(18)17(21-11-20-14)19-8-9-22-15-7-6-12(2)10-13(15)3/h6-7,10-11H,4-5,8-9H2,1-3H3,(H,19,20,21). The van der Waals surface area contributed by atoms with Gasteiger partial charge in [-0.1, -0.05) is 31.0 Å². The third kappa shape index (κ3) is 4.44.